The first kappa shape index (κ1) is 20.0. The number of nitrogens with one attached hydrogen (secondary N) is 1. The summed E-state index contributed by atoms with van der Waals surface area (Å²) >= 11 is 0. The summed E-state index contributed by atoms with van der Waals surface area (Å²) in [6.45, 7) is 0.904. The molecule has 142 valence electrons. The first-order valence-electron chi connectivity index (χ1n) is 8.32. The molecule has 0 saturated carbocycles. The zero-order valence-electron chi connectivity index (χ0n) is 14.8. The average Bonchev–Trinajstić information content (AvgIpc) is 2.81. The number of carboxylic acids is 2. The predicted molar refractivity (Wildman–Crippen MR) is 99.3 cm³/mol. The molecule has 0 radical (unpaired) electrons. The highest BCUT2D eigenvalue weighted by Crippen LogP contribution is 2.42. The normalized spacial score (nSPS) is 14.5. The van der Waals surface area contributed by atoms with Crippen LogP contribution in [-0.2, 0) is 9.59 Å². The molecule has 3 rings (SSSR count). The van der Waals surface area contributed by atoms with E-state index >= 15 is 0 Å². The molecule has 7 nitrogen and oxygen atoms in total. The molecule has 1 aliphatic heterocycles. The molecule has 0 saturated heterocycles. The van der Waals surface area contributed by atoms with Crippen LogP contribution in [0.15, 0.2) is 60.7 Å². The van der Waals surface area contributed by atoms with E-state index in [9.17, 15) is 9.59 Å². The Kier molecular flexibility index (Phi) is 7.39. The van der Waals surface area contributed by atoms with Gasteiger partial charge in [-0.15, -0.1) is 0 Å². The zero-order valence-corrected chi connectivity index (χ0v) is 14.8. The predicted octanol–water partition coefficient (Wildman–Crippen LogP) is 3.23. The molecule has 0 aromatic heterocycles. The summed E-state index contributed by atoms with van der Waals surface area (Å²) in [6.07, 6.45) is 2.04. The Balaban J connectivity index is 0.000000279. The Morgan fingerprint density at radius 1 is 0.963 bits per heavy atom. The largest absolute Gasteiger partial charge is 0.482 e. The first-order valence-corrected chi connectivity index (χ1v) is 8.32. The maximum Gasteiger partial charge on any atom is 0.328 e. The molecular formula is C20H21NO6. The van der Waals surface area contributed by atoms with E-state index in [1.807, 2.05) is 49.5 Å². The minimum atomic E-state index is -1.26. The Morgan fingerprint density at radius 2 is 1.52 bits per heavy atom. The number of fused-ring (bicyclic) bond motifs is 2. The molecule has 1 heterocycles. The maximum atomic E-state index is 9.55. The van der Waals surface area contributed by atoms with Crippen LogP contribution in [0, 0.1) is 0 Å². The monoisotopic (exact) mass is 371 g/mol. The van der Waals surface area contributed by atoms with E-state index in [0.29, 0.717) is 12.2 Å². The number of para-hydroxylation sites is 3. The van der Waals surface area contributed by atoms with Crippen molar-refractivity contribution in [1.82, 2.24) is 5.32 Å². The number of carboxylic acid groups (broad SMARTS) is 2. The van der Waals surface area contributed by atoms with Crippen molar-refractivity contribution in [1.29, 1.82) is 0 Å². The first-order chi connectivity index (χ1) is 13.0. The third kappa shape index (κ3) is 6.16. The van der Waals surface area contributed by atoms with E-state index < -0.39 is 11.9 Å². The van der Waals surface area contributed by atoms with Crippen molar-refractivity contribution >= 4 is 11.9 Å². The maximum absolute atomic E-state index is 9.55. The van der Waals surface area contributed by atoms with Gasteiger partial charge in [0.25, 0.3) is 0 Å². The number of benzene rings is 2. The van der Waals surface area contributed by atoms with Gasteiger partial charge in [-0.3, -0.25) is 0 Å². The van der Waals surface area contributed by atoms with Gasteiger partial charge >= 0.3 is 11.9 Å². The van der Waals surface area contributed by atoms with Gasteiger partial charge in [0.2, 0.25) is 0 Å². The summed E-state index contributed by atoms with van der Waals surface area (Å²) < 4.78 is 12.1. The van der Waals surface area contributed by atoms with Crippen LogP contribution in [0.2, 0.25) is 0 Å². The molecule has 0 amide bonds. The SMILES string of the molecule is CNCCC1Oc2ccccc2Oc2ccccc21.O=C(O)/C=C/C(=O)O. The van der Waals surface area contributed by atoms with Crippen LogP contribution in [-0.4, -0.2) is 35.7 Å². The van der Waals surface area contributed by atoms with Crippen LogP contribution in [0.3, 0.4) is 0 Å². The summed E-state index contributed by atoms with van der Waals surface area (Å²) in [7, 11) is 1.95. The number of carbonyl (C=O) groups is 2. The lowest BCUT2D eigenvalue weighted by atomic mass is 10.1. The molecule has 1 aliphatic rings. The zero-order chi connectivity index (χ0) is 19.6. The summed E-state index contributed by atoms with van der Waals surface area (Å²) in [5, 5.41) is 18.8. The molecule has 27 heavy (non-hydrogen) atoms. The van der Waals surface area contributed by atoms with E-state index in [4.69, 9.17) is 19.7 Å². The van der Waals surface area contributed by atoms with Gasteiger partial charge < -0.3 is 25.0 Å². The fourth-order valence-electron chi connectivity index (χ4n) is 2.44. The molecule has 7 heteroatoms. The van der Waals surface area contributed by atoms with Gasteiger partial charge in [0, 0.05) is 24.1 Å². The molecule has 2 aromatic rings. The molecule has 0 fully saturated rings. The van der Waals surface area contributed by atoms with Crippen molar-refractivity contribution in [3.05, 3.63) is 66.2 Å². The summed E-state index contributed by atoms with van der Waals surface area (Å²) in [5.41, 5.74) is 1.11. The molecule has 0 spiro atoms. The van der Waals surface area contributed by atoms with E-state index in [1.165, 1.54) is 0 Å². The molecular weight excluding hydrogens is 350 g/mol. The van der Waals surface area contributed by atoms with Crippen molar-refractivity contribution < 1.29 is 29.3 Å². The van der Waals surface area contributed by atoms with Crippen LogP contribution in [0.4, 0.5) is 0 Å². The number of rotatable bonds is 5. The molecule has 2 aromatic carbocycles. The fourth-order valence-corrected chi connectivity index (χ4v) is 2.44. The Labute approximate surface area is 156 Å². The van der Waals surface area contributed by atoms with Crippen LogP contribution in [0.5, 0.6) is 17.2 Å². The quantitative estimate of drug-likeness (QED) is 0.693. The molecule has 1 atom stereocenters. The molecule has 3 N–H and O–H groups in total. The van der Waals surface area contributed by atoms with E-state index in [1.54, 1.807) is 0 Å². The second-order valence-corrected chi connectivity index (χ2v) is 5.60. The number of aliphatic carboxylic acids is 2. The van der Waals surface area contributed by atoms with Gasteiger partial charge in [0.05, 0.1) is 0 Å². The Bertz CT molecular complexity index is 802. The van der Waals surface area contributed by atoms with Gasteiger partial charge in [0.1, 0.15) is 11.9 Å². The highest BCUT2D eigenvalue weighted by molar-refractivity contribution is 5.89. The topological polar surface area (TPSA) is 105 Å². The van der Waals surface area contributed by atoms with Crippen LogP contribution in [0.1, 0.15) is 18.1 Å². The molecule has 0 bridgehead atoms. The summed E-state index contributed by atoms with van der Waals surface area (Å²) in [5.74, 6) is -0.0462. The third-order valence-electron chi connectivity index (χ3n) is 3.63. The minimum Gasteiger partial charge on any atom is -0.482 e. The number of hydrogen-bond donors (Lipinski definition) is 3. The standard InChI is InChI=1S/C16H17NO2.C4H4O4/c1-17-11-10-14-12-6-2-3-7-13(12)18-15-8-4-5-9-16(15)19-14;5-3(6)1-2-4(7)8/h2-9,14,17H,10-11H2,1H3;1-2H,(H,5,6)(H,7,8)/b;2-1+. The summed E-state index contributed by atoms with van der Waals surface area (Å²) in [4.78, 5) is 19.1. The smallest absolute Gasteiger partial charge is 0.328 e. The van der Waals surface area contributed by atoms with Gasteiger partial charge in [-0.1, -0.05) is 30.3 Å². The number of ether oxygens (including phenoxy) is 2. The minimum absolute atomic E-state index is 0.0206. The van der Waals surface area contributed by atoms with Crippen LogP contribution < -0.4 is 14.8 Å². The van der Waals surface area contributed by atoms with Crippen LogP contribution in [0.25, 0.3) is 0 Å². The lowest BCUT2D eigenvalue weighted by molar-refractivity contribution is -0.134. The van der Waals surface area contributed by atoms with Crippen LogP contribution >= 0.6 is 0 Å². The Morgan fingerprint density at radius 3 is 2.11 bits per heavy atom. The molecule has 0 aliphatic carbocycles. The lowest BCUT2D eigenvalue weighted by Gasteiger charge is -2.17. The second-order valence-electron chi connectivity index (χ2n) is 5.60. The van der Waals surface area contributed by atoms with Gasteiger partial charge in [-0.05, 0) is 31.8 Å². The van der Waals surface area contributed by atoms with Crippen molar-refractivity contribution in [3.63, 3.8) is 0 Å². The van der Waals surface area contributed by atoms with Gasteiger partial charge in [-0.25, -0.2) is 9.59 Å². The van der Waals surface area contributed by atoms with Crippen molar-refractivity contribution in [2.75, 3.05) is 13.6 Å². The van der Waals surface area contributed by atoms with Crippen molar-refractivity contribution in [3.8, 4) is 17.2 Å². The van der Waals surface area contributed by atoms with Crippen molar-refractivity contribution in [2.24, 2.45) is 0 Å². The number of hydrogen-bond acceptors (Lipinski definition) is 5. The van der Waals surface area contributed by atoms with E-state index in [2.05, 4.69) is 11.4 Å². The highest BCUT2D eigenvalue weighted by Gasteiger charge is 2.23. The highest BCUT2D eigenvalue weighted by atomic mass is 16.5. The second kappa shape index (κ2) is 9.98. The van der Waals surface area contributed by atoms with Gasteiger partial charge in [0.15, 0.2) is 11.5 Å². The van der Waals surface area contributed by atoms with Crippen molar-refractivity contribution in [2.45, 2.75) is 12.5 Å². The average molecular weight is 371 g/mol. The summed E-state index contributed by atoms with van der Waals surface area (Å²) in [6, 6.07) is 15.9. The van der Waals surface area contributed by atoms with Gasteiger partial charge in [-0.2, -0.15) is 0 Å². The Hall–Kier alpha value is -3.32. The van der Waals surface area contributed by atoms with E-state index in [0.717, 1.165) is 35.8 Å². The fraction of sp³-hybridized carbons (Fsp3) is 0.200. The third-order valence-corrected chi connectivity index (χ3v) is 3.63. The molecule has 1 unspecified atom stereocenters. The van der Waals surface area contributed by atoms with E-state index in [-0.39, 0.29) is 6.10 Å². The lowest BCUT2D eigenvalue weighted by Crippen LogP contribution is -2.15.